The van der Waals surface area contributed by atoms with Crippen molar-refractivity contribution in [2.75, 3.05) is 21.3 Å². The van der Waals surface area contributed by atoms with E-state index in [-0.39, 0.29) is 6.04 Å². The molecule has 0 radical (unpaired) electrons. The molecule has 1 atom stereocenters. The molecule has 0 saturated heterocycles. The maximum absolute atomic E-state index is 5.36. The van der Waals surface area contributed by atoms with E-state index >= 15 is 0 Å². The fourth-order valence-electron chi connectivity index (χ4n) is 2.32. The Morgan fingerprint density at radius 1 is 0.957 bits per heavy atom. The number of rotatable bonds is 7. The zero-order valence-electron chi connectivity index (χ0n) is 13.9. The lowest BCUT2D eigenvalue weighted by molar-refractivity contribution is 0.354. The van der Waals surface area contributed by atoms with Gasteiger partial charge in [0.05, 0.1) is 21.3 Å². The third-order valence-corrected chi connectivity index (χ3v) is 4.53. The summed E-state index contributed by atoms with van der Waals surface area (Å²) in [5.41, 5.74) is 2.29. The van der Waals surface area contributed by atoms with Crippen LogP contribution in [0.3, 0.4) is 0 Å². The molecule has 4 nitrogen and oxygen atoms in total. The maximum atomic E-state index is 5.36. The van der Waals surface area contributed by atoms with E-state index in [2.05, 4.69) is 28.2 Å². The van der Waals surface area contributed by atoms with Crippen LogP contribution in [0.2, 0.25) is 0 Å². The first-order valence-corrected chi connectivity index (χ1v) is 8.16. The van der Waals surface area contributed by atoms with Gasteiger partial charge in [0.1, 0.15) is 5.75 Å². The molecule has 124 valence electrons. The molecule has 2 aromatic rings. The van der Waals surface area contributed by atoms with Crippen LogP contribution < -0.4 is 19.5 Å². The summed E-state index contributed by atoms with van der Waals surface area (Å²) in [6, 6.07) is 12.1. The van der Waals surface area contributed by atoms with Crippen LogP contribution in [0, 0.1) is 0 Å². The van der Waals surface area contributed by atoms with Gasteiger partial charge in [0.15, 0.2) is 11.5 Å². The zero-order valence-corrected chi connectivity index (χ0v) is 15.4. The van der Waals surface area contributed by atoms with E-state index in [9.17, 15) is 0 Å². The standard InChI is InChI=1S/C18H22BrNO3/c1-12(13-5-8-17(22-3)18(10-13)23-4)20-11-14-9-15(21-2)6-7-16(14)19/h5-10,12,20H,11H2,1-4H3. The molecule has 2 aromatic carbocycles. The highest BCUT2D eigenvalue weighted by Crippen LogP contribution is 2.30. The van der Waals surface area contributed by atoms with Crippen LogP contribution in [0.4, 0.5) is 0 Å². The molecule has 0 aliphatic rings. The highest BCUT2D eigenvalue weighted by Gasteiger charge is 2.11. The Morgan fingerprint density at radius 2 is 1.70 bits per heavy atom. The Hall–Kier alpha value is -1.72. The second kappa shape index (κ2) is 8.22. The summed E-state index contributed by atoms with van der Waals surface area (Å²) in [6.07, 6.45) is 0. The van der Waals surface area contributed by atoms with Crippen LogP contribution in [0.25, 0.3) is 0 Å². The lowest BCUT2D eigenvalue weighted by Crippen LogP contribution is -2.18. The molecule has 1 N–H and O–H groups in total. The number of hydrogen-bond acceptors (Lipinski definition) is 4. The van der Waals surface area contributed by atoms with Gasteiger partial charge in [0.2, 0.25) is 0 Å². The third kappa shape index (κ3) is 4.39. The summed E-state index contributed by atoms with van der Waals surface area (Å²) in [4.78, 5) is 0. The zero-order chi connectivity index (χ0) is 16.8. The van der Waals surface area contributed by atoms with Crippen molar-refractivity contribution in [3.63, 3.8) is 0 Å². The molecule has 5 heteroatoms. The normalized spacial score (nSPS) is 11.9. The first-order valence-electron chi connectivity index (χ1n) is 7.36. The Labute approximate surface area is 145 Å². The quantitative estimate of drug-likeness (QED) is 0.777. The van der Waals surface area contributed by atoms with Crippen molar-refractivity contribution < 1.29 is 14.2 Å². The number of benzene rings is 2. The van der Waals surface area contributed by atoms with E-state index in [1.807, 2.05) is 36.4 Å². The van der Waals surface area contributed by atoms with Gasteiger partial charge in [-0.2, -0.15) is 0 Å². The average Bonchev–Trinajstić information content (AvgIpc) is 2.60. The van der Waals surface area contributed by atoms with Gasteiger partial charge < -0.3 is 19.5 Å². The average molecular weight is 380 g/mol. The Balaban J connectivity index is 2.09. The van der Waals surface area contributed by atoms with Crippen LogP contribution in [0.5, 0.6) is 17.2 Å². The molecule has 0 spiro atoms. The minimum absolute atomic E-state index is 0.174. The summed E-state index contributed by atoms with van der Waals surface area (Å²) >= 11 is 3.58. The molecule has 0 aliphatic carbocycles. The molecule has 0 aromatic heterocycles. The minimum atomic E-state index is 0.174. The highest BCUT2D eigenvalue weighted by atomic mass is 79.9. The topological polar surface area (TPSA) is 39.7 Å². The second-order valence-corrected chi connectivity index (χ2v) is 6.03. The molecule has 0 amide bonds. The second-order valence-electron chi connectivity index (χ2n) is 5.17. The van der Waals surface area contributed by atoms with Crippen molar-refractivity contribution >= 4 is 15.9 Å². The molecule has 0 heterocycles. The van der Waals surface area contributed by atoms with E-state index in [0.29, 0.717) is 0 Å². The van der Waals surface area contributed by atoms with Crippen molar-refractivity contribution in [1.29, 1.82) is 0 Å². The number of hydrogen-bond donors (Lipinski definition) is 1. The molecule has 0 bridgehead atoms. The van der Waals surface area contributed by atoms with E-state index in [1.54, 1.807) is 21.3 Å². The predicted molar refractivity (Wildman–Crippen MR) is 95.5 cm³/mol. The van der Waals surface area contributed by atoms with Gasteiger partial charge in [0, 0.05) is 17.1 Å². The van der Waals surface area contributed by atoms with Crippen molar-refractivity contribution in [2.45, 2.75) is 19.5 Å². The van der Waals surface area contributed by atoms with Crippen molar-refractivity contribution in [2.24, 2.45) is 0 Å². The van der Waals surface area contributed by atoms with E-state index in [4.69, 9.17) is 14.2 Å². The smallest absolute Gasteiger partial charge is 0.161 e. The minimum Gasteiger partial charge on any atom is -0.497 e. The van der Waals surface area contributed by atoms with Crippen molar-refractivity contribution in [3.8, 4) is 17.2 Å². The fourth-order valence-corrected chi connectivity index (χ4v) is 2.70. The fraction of sp³-hybridized carbons (Fsp3) is 0.333. The number of nitrogens with one attached hydrogen (secondary N) is 1. The summed E-state index contributed by atoms with van der Waals surface area (Å²) in [6.45, 7) is 2.85. The van der Waals surface area contributed by atoms with Gasteiger partial charge >= 0.3 is 0 Å². The Morgan fingerprint density at radius 3 is 2.35 bits per heavy atom. The molecular weight excluding hydrogens is 358 g/mol. The molecule has 1 unspecified atom stereocenters. The lowest BCUT2D eigenvalue weighted by Gasteiger charge is -2.17. The van der Waals surface area contributed by atoms with Gasteiger partial charge in [-0.15, -0.1) is 0 Å². The molecular formula is C18H22BrNO3. The largest absolute Gasteiger partial charge is 0.497 e. The SMILES string of the molecule is COc1ccc(Br)c(CNC(C)c2ccc(OC)c(OC)c2)c1. The summed E-state index contributed by atoms with van der Waals surface area (Å²) < 4.78 is 17.0. The van der Waals surface area contributed by atoms with Gasteiger partial charge in [-0.1, -0.05) is 22.0 Å². The highest BCUT2D eigenvalue weighted by molar-refractivity contribution is 9.10. The maximum Gasteiger partial charge on any atom is 0.161 e. The summed E-state index contributed by atoms with van der Waals surface area (Å²) in [7, 11) is 4.96. The number of ether oxygens (including phenoxy) is 3. The van der Waals surface area contributed by atoms with Crippen LogP contribution in [-0.2, 0) is 6.54 Å². The Bertz CT molecular complexity index is 661. The number of halogens is 1. The van der Waals surface area contributed by atoms with Crippen LogP contribution >= 0.6 is 15.9 Å². The van der Waals surface area contributed by atoms with Crippen molar-refractivity contribution in [1.82, 2.24) is 5.32 Å². The van der Waals surface area contributed by atoms with Gasteiger partial charge in [-0.25, -0.2) is 0 Å². The summed E-state index contributed by atoms with van der Waals surface area (Å²) in [5, 5.41) is 3.51. The van der Waals surface area contributed by atoms with Crippen LogP contribution in [-0.4, -0.2) is 21.3 Å². The third-order valence-electron chi connectivity index (χ3n) is 3.76. The van der Waals surface area contributed by atoms with Crippen molar-refractivity contribution in [3.05, 3.63) is 52.0 Å². The summed E-state index contributed by atoms with van der Waals surface area (Å²) in [5.74, 6) is 2.32. The van der Waals surface area contributed by atoms with Gasteiger partial charge in [0.25, 0.3) is 0 Å². The lowest BCUT2D eigenvalue weighted by atomic mass is 10.1. The molecule has 23 heavy (non-hydrogen) atoms. The predicted octanol–water partition coefficient (Wildman–Crippen LogP) is 4.33. The molecule has 2 rings (SSSR count). The van der Waals surface area contributed by atoms with Crippen LogP contribution in [0.1, 0.15) is 24.1 Å². The van der Waals surface area contributed by atoms with Gasteiger partial charge in [-0.3, -0.25) is 0 Å². The van der Waals surface area contributed by atoms with E-state index in [1.165, 1.54) is 0 Å². The Kier molecular flexibility index (Phi) is 6.30. The van der Waals surface area contributed by atoms with Gasteiger partial charge in [-0.05, 0) is 48.4 Å². The van der Waals surface area contributed by atoms with E-state index in [0.717, 1.165) is 39.4 Å². The van der Waals surface area contributed by atoms with E-state index < -0.39 is 0 Å². The molecule has 0 aliphatic heterocycles. The molecule has 0 saturated carbocycles. The molecule has 0 fully saturated rings. The monoisotopic (exact) mass is 379 g/mol. The first kappa shape index (κ1) is 17.6. The van der Waals surface area contributed by atoms with Crippen LogP contribution in [0.15, 0.2) is 40.9 Å². The first-order chi connectivity index (χ1) is 11.1. The number of methoxy groups -OCH3 is 3.